The van der Waals surface area contributed by atoms with Crippen molar-refractivity contribution in [2.45, 2.75) is 63.0 Å². The van der Waals surface area contributed by atoms with Crippen LogP contribution in [-0.2, 0) is 16.0 Å². The molecule has 1 saturated carbocycles. The number of nitrogens with one attached hydrogen (secondary N) is 1. The minimum absolute atomic E-state index is 0.0491. The van der Waals surface area contributed by atoms with Crippen molar-refractivity contribution in [2.75, 3.05) is 13.4 Å². The van der Waals surface area contributed by atoms with Crippen molar-refractivity contribution < 1.29 is 19.0 Å². The molecule has 1 aliphatic carbocycles. The zero-order valence-corrected chi connectivity index (χ0v) is 14.0. The molecule has 3 aliphatic rings. The molecule has 5 nitrogen and oxygen atoms in total. The van der Waals surface area contributed by atoms with Crippen LogP contribution in [0.4, 0.5) is 0 Å². The Morgan fingerprint density at radius 1 is 1.17 bits per heavy atom. The Hall–Kier alpha value is -1.75. The molecule has 2 heterocycles. The molecule has 2 aliphatic heterocycles. The number of carbonyl (C=O) groups excluding carboxylic acids is 1. The maximum Gasteiger partial charge on any atom is 0.231 e. The predicted molar refractivity (Wildman–Crippen MR) is 89.2 cm³/mol. The van der Waals surface area contributed by atoms with Crippen LogP contribution in [0.1, 0.15) is 50.5 Å². The van der Waals surface area contributed by atoms with Gasteiger partial charge in [0.15, 0.2) is 11.5 Å². The molecule has 4 rings (SSSR count). The minimum atomic E-state index is 0.0491. The SMILES string of the molecule is O=C(CCc1ccc2c(c1)OCO2)N[C@@H]1COC2(CCCCC2)C1. The van der Waals surface area contributed by atoms with E-state index in [4.69, 9.17) is 14.2 Å². The molecule has 1 N–H and O–H groups in total. The third-order valence-corrected chi connectivity index (χ3v) is 5.42. The monoisotopic (exact) mass is 331 g/mol. The number of rotatable bonds is 4. The first-order valence-corrected chi connectivity index (χ1v) is 9.04. The second-order valence-corrected chi connectivity index (χ2v) is 7.21. The van der Waals surface area contributed by atoms with Crippen LogP contribution in [0.25, 0.3) is 0 Å². The smallest absolute Gasteiger partial charge is 0.231 e. The van der Waals surface area contributed by atoms with Crippen LogP contribution in [0, 0.1) is 0 Å². The number of benzene rings is 1. The first-order valence-electron chi connectivity index (χ1n) is 9.04. The second-order valence-electron chi connectivity index (χ2n) is 7.21. The van der Waals surface area contributed by atoms with Crippen molar-refractivity contribution in [1.82, 2.24) is 5.32 Å². The second kappa shape index (κ2) is 6.63. The van der Waals surface area contributed by atoms with Gasteiger partial charge in [-0.15, -0.1) is 0 Å². The maximum absolute atomic E-state index is 12.3. The van der Waals surface area contributed by atoms with Crippen molar-refractivity contribution in [3.8, 4) is 11.5 Å². The summed E-state index contributed by atoms with van der Waals surface area (Å²) >= 11 is 0. The zero-order valence-electron chi connectivity index (χ0n) is 14.0. The van der Waals surface area contributed by atoms with Gasteiger partial charge < -0.3 is 19.5 Å². The molecule has 1 aromatic rings. The molecule has 2 fully saturated rings. The van der Waals surface area contributed by atoms with Crippen molar-refractivity contribution in [3.63, 3.8) is 0 Å². The Morgan fingerprint density at radius 2 is 2.00 bits per heavy atom. The van der Waals surface area contributed by atoms with Gasteiger partial charge in [0.25, 0.3) is 0 Å². The van der Waals surface area contributed by atoms with E-state index in [1.807, 2.05) is 18.2 Å². The van der Waals surface area contributed by atoms with Gasteiger partial charge in [0.1, 0.15) is 0 Å². The maximum atomic E-state index is 12.3. The van der Waals surface area contributed by atoms with Crippen LogP contribution in [0.5, 0.6) is 11.5 Å². The van der Waals surface area contributed by atoms with E-state index in [0.717, 1.165) is 36.3 Å². The lowest BCUT2D eigenvalue weighted by molar-refractivity contribution is -0.121. The van der Waals surface area contributed by atoms with Gasteiger partial charge in [-0.05, 0) is 43.4 Å². The van der Waals surface area contributed by atoms with Gasteiger partial charge in [-0.1, -0.05) is 25.3 Å². The van der Waals surface area contributed by atoms with Crippen LogP contribution in [-0.4, -0.2) is 30.9 Å². The molecule has 1 aromatic carbocycles. The molecule has 5 heteroatoms. The molecule has 0 unspecified atom stereocenters. The molecule has 1 amide bonds. The highest BCUT2D eigenvalue weighted by Crippen LogP contribution is 2.39. The van der Waals surface area contributed by atoms with Crippen LogP contribution >= 0.6 is 0 Å². The fourth-order valence-electron chi connectivity index (χ4n) is 4.14. The van der Waals surface area contributed by atoms with E-state index in [0.29, 0.717) is 19.4 Å². The van der Waals surface area contributed by atoms with E-state index >= 15 is 0 Å². The molecule has 1 spiro atoms. The van der Waals surface area contributed by atoms with Gasteiger partial charge in [-0.25, -0.2) is 0 Å². The number of hydrogen-bond donors (Lipinski definition) is 1. The lowest BCUT2D eigenvalue weighted by atomic mass is 9.82. The van der Waals surface area contributed by atoms with E-state index in [2.05, 4.69) is 5.32 Å². The van der Waals surface area contributed by atoms with Crippen molar-refractivity contribution in [1.29, 1.82) is 0 Å². The molecular formula is C19H25NO4. The average Bonchev–Trinajstić information content (AvgIpc) is 3.20. The summed E-state index contributed by atoms with van der Waals surface area (Å²) in [6.45, 7) is 0.943. The normalized spacial score (nSPS) is 24.2. The number of carbonyl (C=O) groups is 1. The average molecular weight is 331 g/mol. The zero-order chi connectivity index (χ0) is 16.4. The summed E-state index contributed by atoms with van der Waals surface area (Å²) in [4.78, 5) is 12.3. The van der Waals surface area contributed by atoms with Gasteiger partial charge in [0, 0.05) is 6.42 Å². The topological polar surface area (TPSA) is 56.8 Å². The third kappa shape index (κ3) is 3.36. The number of amides is 1. The summed E-state index contributed by atoms with van der Waals surface area (Å²) in [7, 11) is 0. The van der Waals surface area contributed by atoms with Crippen LogP contribution in [0.3, 0.4) is 0 Å². The largest absolute Gasteiger partial charge is 0.454 e. The summed E-state index contributed by atoms with van der Waals surface area (Å²) in [5, 5.41) is 3.15. The van der Waals surface area contributed by atoms with Gasteiger partial charge in [0.05, 0.1) is 18.2 Å². The lowest BCUT2D eigenvalue weighted by Gasteiger charge is -2.32. The molecule has 0 aromatic heterocycles. The van der Waals surface area contributed by atoms with Gasteiger partial charge in [0.2, 0.25) is 12.7 Å². The molecule has 130 valence electrons. The van der Waals surface area contributed by atoms with E-state index in [-0.39, 0.29) is 24.3 Å². The fourth-order valence-corrected chi connectivity index (χ4v) is 4.14. The molecule has 24 heavy (non-hydrogen) atoms. The molecule has 0 radical (unpaired) electrons. The Kier molecular flexibility index (Phi) is 4.35. The Balaban J connectivity index is 1.25. The first-order chi connectivity index (χ1) is 11.7. The first kappa shape index (κ1) is 15.8. The number of fused-ring (bicyclic) bond motifs is 1. The summed E-state index contributed by atoms with van der Waals surface area (Å²) in [6, 6.07) is 6.04. The van der Waals surface area contributed by atoms with Crippen LogP contribution in [0.15, 0.2) is 18.2 Å². The Morgan fingerprint density at radius 3 is 2.88 bits per heavy atom. The lowest BCUT2D eigenvalue weighted by Crippen LogP contribution is -2.37. The molecule has 1 atom stereocenters. The molecule has 0 bridgehead atoms. The van der Waals surface area contributed by atoms with Gasteiger partial charge in [-0.3, -0.25) is 4.79 Å². The molecule has 1 saturated heterocycles. The highest BCUT2D eigenvalue weighted by Gasteiger charge is 2.41. The van der Waals surface area contributed by atoms with Crippen molar-refractivity contribution >= 4 is 5.91 Å². The van der Waals surface area contributed by atoms with E-state index in [9.17, 15) is 4.79 Å². The van der Waals surface area contributed by atoms with Crippen molar-refractivity contribution in [2.24, 2.45) is 0 Å². The van der Waals surface area contributed by atoms with Gasteiger partial charge in [-0.2, -0.15) is 0 Å². The van der Waals surface area contributed by atoms with E-state index in [1.165, 1.54) is 19.3 Å². The quantitative estimate of drug-likeness (QED) is 0.921. The number of hydrogen-bond acceptors (Lipinski definition) is 4. The minimum Gasteiger partial charge on any atom is -0.454 e. The standard InChI is InChI=1S/C19H25NO4/c21-18(7-5-14-4-6-16-17(10-14)23-13-22-16)20-15-11-19(24-12-15)8-2-1-3-9-19/h4,6,10,15H,1-3,5,7-9,11-13H2,(H,20,21)/t15-/m0/s1. The highest BCUT2D eigenvalue weighted by molar-refractivity contribution is 5.76. The van der Waals surface area contributed by atoms with E-state index in [1.54, 1.807) is 0 Å². The summed E-state index contributed by atoms with van der Waals surface area (Å²) < 4.78 is 16.7. The number of aryl methyl sites for hydroxylation is 1. The van der Waals surface area contributed by atoms with Gasteiger partial charge >= 0.3 is 0 Å². The number of ether oxygens (including phenoxy) is 3. The highest BCUT2D eigenvalue weighted by atomic mass is 16.7. The Bertz CT molecular complexity index is 609. The summed E-state index contributed by atoms with van der Waals surface area (Å²) in [6.07, 6.45) is 8.30. The van der Waals surface area contributed by atoms with Crippen molar-refractivity contribution in [3.05, 3.63) is 23.8 Å². The third-order valence-electron chi connectivity index (χ3n) is 5.42. The predicted octanol–water partition coefficient (Wildman–Crippen LogP) is 2.96. The summed E-state index contributed by atoms with van der Waals surface area (Å²) in [5.74, 6) is 1.66. The Labute approximate surface area is 142 Å². The van der Waals surface area contributed by atoms with Crippen LogP contribution < -0.4 is 14.8 Å². The van der Waals surface area contributed by atoms with Crippen LogP contribution in [0.2, 0.25) is 0 Å². The molecular weight excluding hydrogens is 306 g/mol. The fraction of sp³-hybridized carbons (Fsp3) is 0.632. The van der Waals surface area contributed by atoms with E-state index < -0.39 is 0 Å². The summed E-state index contributed by atoms with van der Waals surface area (Å²) in [5.41, 5.74) is 1.15.